The number of hydrogen-bond acceptors (Lipinski definition) is 5. The van der Waals surface area contributed by atoms with Gasteiger partial charge in [0.05, 0.1) is 6.42 Å². The van der Waals surface area contributed by atoms with Crippen molar-refractivity contribution in [3.63, 3.8) is 0 Å². The summed E-state index contributed by atoms with van der Waals surface area (Å²) in [5, 5.41) is 19.6. The maximum atomic E-state index is 13.4. The number of pyridine rings is 1. The molecule has 0 fully saturated rings. The van der Waals surface area contributed by atoms with Crippen molar-refractivity contribution in [2.45, 2.75) is 18.9 Å². The molecular weight excluding hydrogens is 528 g/mol. The summed E-state index contributed by atoms with van der Waals surface area (Å²) in [6, 6.07) is 31.5. The van der Waals surface area contributed by atoms with Crippen LogP contribution in [0.3, 0.4) is 0 Å². The molecule has 210 valence electrons. The third-order valence-corrected chi connectivity index (χ3v) is 6.77. The lowest BCUT2D eigenvalue weighted by Crippen LogP contribution is -2.48. The van der Waals surface area contributed by atoms with Crippen molar-refractivity contribution >= 4 is 34.3 Å². The highest BCUT2D eigenvalue weighted by atomic mass is 16.3. The fourth-order valence-corrected chi connectivity index (χ4v) is 4.65. The van der Waals surface area contributed by atoms with E-state index in [1.165, 1.54) is 0 Å². The molecule has 1 unspecified atom stereocenters. The molecule has 8 nitrogen and oxygen atoms in total. The number of para-hydroxylation sites is 1. The second kappa shape index (κ2) is 13.2. The monoisotopic (exact) mass is 558 g/mol. The highest BCUT2D eigenvalue weighted by Gasteiger charge is 2.25. The molecule has 4 aromatic carbocycles. The van der Waals surface area contributed by atoms with Crippen LogP contribution in [0.2, 0.25) is 0 Å². The van der Waals surface area contributed by atoms with Gasteiger partial charge in [-0.05, 0) is 65.6 Å². The molecule has 0 saturated heterocycles. The lowest BCUT2D eigenvalue weighted by Gasteiger charge is -2.19. The van der Waals surface area contributed by atoms with Crippen LogP contribution in [0.15, 0.2) is 115 Å². The number of fused-ring (bicyclic) bond motifs is 1. The first-order valence-corrected chi connectivity index (χ1v) is 13.6. The number of aromatic hydroxyl groups is 1. The number of nitrogens with one attached hydrogen (secondary N) is 3. The van der Waals surface area contributed by atoms with E-state index in [4.69, 9.17) is 0 Å². The van der Waals surface area contributed by atoms with E-state index in [0.29, 0.717) is 40.9 Å². The Morgan fingerprint density at radius 1 is 0.786 bits per heavy atom. The highest BCUT2D eigenvalue weighted by molar-refractivity contribution is 6.01. The average Bonchev–Trinajstić information content (AvgIpc) is 3.01. The quantitative estimate of drug-likeness (QED) is 0.190. The molecule has 0 aliphatic heterocycles. The maximum Gasteiger partial charge on any atom is 0.251 e. The molecule has 8 heteroatoms. The van der Waals surface area contributed by atoms with Gasteiger partial charge in [-0.3, -0.25) is 19.4 Å². The fraction of sp³-hybridized carbons (Fsp3) is 0.118. The van der Waals surface area contributed by atoms with Crippen molar-refractivity contribution in [2.24, 2.45) is 0 Å². The van der Waals surface area contributed by atoms with Crippen LogP contribution in [-0.4, -0.2) is 40.4 Å². The van der Waals surface area contributed by atoms with Crippen LogP contribution in [-0.2, 0) is 16.0 Å². The summed E-state index contributed by atoms with van der Waals surface area (Å²) in [6.45, 7) is 0.353. The van der Waals surface area contributed by atoms with Gasteiger partial charge in [0.1, 0.15) is 17.3 Å². The van der Waals surface area contributed by atoms with Crippen molar-refractivity contribution < 1.29 is 19.5 Å². The number of phenolic OH excluding ortho intramolecular Hbond substituents is 1. The Balaban J connectivity index is 1.32. The zero-order valence-corrected chi connectivity index (χ0v) is 22.8. The number of nitrogens with zero attached hydrogens (tertiary/aromatic N) is 1. The summed E-state index contributed by atoms with van der Waals surface area (Å²) in [5.41, 5.74) is 3.87. The molecule has 1 heterocycles. The van der Waals surface area contributed by atoms with E-state index in [0.717, 1.165) is 10.9 Å². The van der Waals surface area contributed by atoms with Crippen molar-refractivity contribution in [1.29, 1.82) is 0 Å². The Hall–Kier alpha value is -5.50. The van der Waals surface area contributed by atoms with Crippen molar-refractivity contribution in [3.8, 4) is 16.9 Å². The zero-order chi connectivity index (χ0) is 29.3. The van der Waals surface area contributed by atoms with Gasteiger partial charge in [-0.25, -0.2) is 0 Å². The molecule has 4 N–H and O–H groups in total. The summed E-state index contributed by atoms with van der Waals surface area (Å²) in [6.07, 6.45) is 1.98. The maximum absolute atomic E-state index is 13.4. The van der Waals surface area contributed by atoms with Gasteiger partial charge in [0.15, 0.2) is 0 Å². The van der Waals surface area contributed by atoms with Gasteiger partial charge in [-0.2, -0.15) is 0 Å². The second-order valence-electron chi connectivity index (χ2n) is 9.82. The number of hydrogen-bond donors (Lipinski definition) is 4. The van der Waals surface area contributed by atoms with Gasteiger partial charge in [0.2, 0.25) is 11.8 Å². The summed E-state index contributed by atoms with van der Waals surface area (Å²) in [7, 11) is 0. The van der Waals surface area contributed by atoms with Crippen LogP contribution in [0.5, 0.6) is 5.75 Å². The molecule has 0 radical (unpaired) electrons. The van der Waals surface area contributed by atoms with Crippen molar-refractivity contribution in [1.82, 2.24) is 15.6 Å². The second-order valence-corrected chi connectivity index (χ2v) is 9.82. The fourth-order valence-electron chi connectivity index (χ4n) is 4.65. The highest BCUT2D eigenvalue weighted by Crippen LogP contribution is 2.30. The van der Waals surface area contributed by atoms with Crippen molar-refractivity contribution in [3.05, 3.63) is 127 Å². The topological polar surface area (TPSA) is 120 Å². The Bertz CT molecular complexity index is 1710. The predicted octanol–water partition coefficient (Wildman–Crippen LogP) is 5.09. The molecule has 42 heavy (non-hydrogen) atoms. The Morgan fingerprint density at radius 3 is 2.33 bits per heavy atom. The van der Waals surface area contributed by atoms with E-state index >= 15 is 0 Å². The minimum atomic E-state index is -1.10. The van der Waals surface area contributed by atoms with Crippen LogP contribution in [0.25, 0.3) is 22.0 Å². The first-order valence-electron chi connectivity index (χ1n) is 13.6. The number of benzene rings is 4. The van der Waals surface area contributed by atoms with Crippen LogP contribution < -0.4 is 16.0 Å². The third-order valence-electron chi connectivity index (χ3n) is 6.77. The molecule has 5 rings (SSSR count). The average molecular weight is 559 g/mol. The van der Waals surface area contributed by atoms with Gasteiger partial charge < -0.3 is 21.1 Å². The molecule has 0 saturated carbocycles. The molecule has 1 atom stereocenters. The molecule has 0 aliphatic rings. The molecular formula is C34H30N4O4. The number of phenols is 1. The number of aromatic nitrogens is 1. The lowest BCUT2D eigenvalue weighted by atomic mass is 10.00. The Kier molecular flexibility index (Phi) is 8.84. The number of anilines is 1. The van der Waals surface area contributed by atoms with E-state index in [-0.39, 0.29) is 12.2 Å². The standard InChI is InChI=1S/C34H30N4O4/c39-30-21-27(20-25-13-8-17-35-32(25)30)24-11-7-12-26(19-24)33(41)38-29(22-31(40)37-28-14-5-2-6-15-28)34(42)36-18-16-23-9-3-1-4-10-23/h1-15,17,19-21,29,39H,16,18,22H2,(H,36,42)(H,37,40)(H,38,41). The van der Waals surface area contributed by atoms with E-state index in [2.05, 4.69) is 20.9 Å². The molecule has 1 aromatic heterocycles. The SMILES string of the molecule is O=C(CC(NC(=O)c1cccc(-c2cc(O)c3ncccc3c2)c1)C(=O)NCCc1ccccc1)Nc1ccccc1. The number of rotatable bonds is 10. The van der Waals surface area contributed by atoms with Gasteiger partial charge in [0.25, 0.3) is 5.91 Å². The van der Waals surface area contributed by atoms with Crippen LogP contribution in [0.1, 0.15) is 22.3 Å². The molecule has 0 bridgehead atoms. The largest absolute Gasteiger partial charge is 0.506 e. The first-order chi connectivity index (χ1) is 20.5. The Morgan fingerprint density at radius 2 is 1.55 bits per heavy atom. The number of carbonyl (C=O) groups is 3. The van der Waals surface area contributed by atoms with Crippen LogP contribution in [0, 0.1) is 0 Å². The van der Waals surface area contributed by atoms with Crippen LogP contribution >= 0.6 is 0 Å². The predicted molar refractivity (Wildman–Crippen MR) is 163 cm³/mol. The summed E-state index contributed by atoms with van der Waals surface area (Å²) < 4.78 is 0. The van der Waals surface area contributed by atoms with Gasteiger partial charge in [-0.15, -0.1) is 0 Å². The first kappa shape index (κ1) is 28.0. The summed E-state index contributed by atoms with van der Waals surface area (Å²) in [4.78, 5) is 43.6. The summed E-state index contributed by atoms with van der Waals surface area (Å²) >= 11 is 0. The molecule has 0 aliphatic carbocycles. The van der Waals surface area contributed by atoms with E-state index in [9.17, 15) is 19.5 Å². The third kappa shape index (κ3) is 7.17. The smallest absolute Gasteiger partial charge is 0.251 e. The zero-order valence-electron chi connectivity index (χ0n) is 22.8. The summed E-state index contributed by atoms with van der Waals surface area (Å²) in [5.74, 6) is -1.32. The van der Waals surface area contributed by atoms with Gasteiger partial charge in [0, 0.05) is 29.4 Å². The van der Waals surface area contributed by atoms with Gasteiger partial charge >= 0.3 is 0 Å². The van der Waals surface area contributed by atoms with E-state index in [1.54, 1.807) is 60.8 Å². The minimum absolute atomic E-state index is 0.0367. The molecule has 5 aromatic rings. The van der Waals surface area contributed by atoms with E-state index < -0.39 is 23.8 Å². The minimum Gasteiger partial charge on any atom is -0.506 e. The van der Waals surface area contributed by atoms with E-state index in [1.807, 2.05) is 54.6 Å². The number of carbonyl (C=O) groups excluding carboxylic acids is 3. The molecule has 3 amide bonds. The number of amides is 3. The van der Waals surface area contributed by atoms with Crippen LogP contribution in [0.4, 0.5) is 5.69 Å². The molecule has 0 spiro atoms. The van der Waals surface area contributed by atoms with Gasteiger partial charge in [-0.1, -0.05) is 66.7 Å². The van der Waals surface area contributed by atoms with Crippen molar-refractivity contribution in [2.75, 3.05) is 11.9 Å². The normalized spacial score (nSPS) is 11.4. The lowest BCUT2D eigenvalue weighted by molar-refractivity contribution is -0.126. The Labute approximate surface area is 243 Å².